The molecular formula is C19H20N2OS. The average molecular weight is 324 g/mol. The number of hydrogen-bond donors (Lipinski definition) is 0. The second kappa shape index (κ2) is 7.47. The molecule has 2 aromatic carbocycles. The normalized spacial score (nSPS) is 11.0. The molecule has 0 N–H and O–H groups in total. The molecule has 0 saturated carbocycles. The highest BCUT2D eigenvalue weighted by Crippen LogP contribution is 2.25. The molecule has 0 amide bonds. The molecule has 0 spiro atoms. The Hall–Kier alpha value is -2.07. The maximum Gasteiger partial charge on any atom is 0.173 e. The summed E-state index contributed by atoms with van der Waals surface area (Å²) < 4.78 is 2.24. The number of carbonyl (C=O) groups excluding carboxylic acids is 1. The summed E-state index contributed by atoms with van der Waals surface area (Å²) in [6, 6.07) is 17.6. The number of ketones is 1. The van der Waals surface area contributed by atoms with Gasteiger partial charge in [0.25, 0.3) is 0 Å². The number of rotatable bonds is 7. The van der Waals surface area contributed by atoms with Crippen LogP contribution in [0.5, 0.6) is 0 Å². The van der Waals surface area contributed by atoms with Gasteiger partial charge in [-0.05, 0) is 18.6 Å². The molecule has 3 nitrogen and oxygen atoms in total. The summed E-state index contributed by atoms with van der Waals surface area (Å²) in [6.07, 6.45) is 2.25. The van der Waals surface area contributed by atoms with E-state index in [4.69, 9.17) is 4.98 Å². The first-order chi connectivity index (χ1) is 11.3. The van der Waals surface area contributed by atoms with Gasteiger partial charge in [-0.3, -0.25) is 4.79 Å². The Bertz CT molecular complexity index is 795. The van der Waals surface area contributed by atoms with Crippen LogP contribution in [-0.2, 0) is 6.54 Å². The van der Waals surface area contributed by atoms with E-state index in [1.807, 2.05) is 48.5 Å². The fraction of sp³-hybridized carbons (Fsp3) is 0.263. The summed E-state index contributed by atoms with van der Waals surface area (Å²) in [5, 5.41) is 0.934. The van der Waals surface area contributed by atoms with Crippen molar-refractivity contribution in [1.82, 2.24) is 9.55 Å². The monoisotopic (exact) mass is 324 g/mol. The van der Waals surface area contributed by atoms with Gasteiger partial charge >= 0.3 is 0 Å². The van der Waals surface area contributed by atoms with Gasteiger partial charge in [0, 0.05) is 12.1 Å². The standard InChI is InChI=1S/C19H20N2OS/c1-2-3-13-21-17-12-8-7-11-16(17)20-19(21)23-14-18(22)15-9-5-4-6-10-15/h4-12H,2-3,13-14H2,1H3. The van der Waals surface area contributed by atoms with Crippen molar-refractivity contribution >= 4 is 28.6 Å². The lowest BCUT2D eigenvalue weighted by Crippen LogP contribution is -2.05. The lowest BCUT2D eigenvalue weighted by Gasteiger charge is -2.07. The molecule has 0 atom stereocenters. The van der Waals surface area contributed by atoms with Crippen molar-refractivity contribution in [2.75, 3.05) is 5.75 Å². The Labute approximate surface area is 140 Å². The fourth-order valence-electron chi connectivity index (χ4n) is 2.53. The number of aromatic nitrogens is 2. The van der Waals surface area contributed by atoms with Gasteiger partial charge in [0.2, 0.25) is 0 Å². The molecule has 0 unspecified atom stereocenters. The van der Waals surface area contributed by atoms with Crippen LogP contribution >= 0.6 is 11.8 Å². The van der Waals surface area contributed by atoms with Crippen molar-refractivity contribution in [2.24, 2.45) is 0 Å². The van der Waals surface area contributed by atoms with Crippen molar-refractivity contribution in [2.45, 2.75) is 31.5 Å². The lowest BCUT2D eigenvalue weighted by molar-refractivity contribution is 0.102. The molecule has 3 aromatic rings. The maximum atomic E-state index is 12.3. The van der Waals surface area contributed by atoms with Crippen molar-refractivity contribution in [1.29, 1.82) is 0 Å². The molecule has 118 valence electrons. The molecular weight excluding hydrogens is 304 g/mol. The number of fused-ring (bicyclic) bond motifs is 1. The Morgan fingerprint density at radius 2 is 1.83 bits per heavy atom. The van der Waals surface area contributed by atoms with Crippen molar-refractivity contribution < 1.29 is 4.79 Å². The van der Waals surface area contributed by atoms with E-state index in [1.165, 1.54) is 11.8 Å². The van der Waals surface area contributed by atoms with Crippen molar-refractivity contribution in [3.05, 3.63) is 60.2 Å². The number of hydrogen-bond acceptors (Lipinski definition) is 3. The minimum absolute atomic E-state index is 0.143. The van der Waals surface area contributed by atoms with Crippen molar-refractivity contribution in [3.8, 4) is 0 Å². The number of benzene rings is 2. The van der Waals surface area contributed by atoms with Gasteiger partial charge in [0.05, 0.1) is 16.8 Å². The number of imidazole rings is 1. The zero-order valence-corrected chi connectivity index (χ0v) is 14.1. The van der Waals surface area contributed by atoms with Crippen LogP contribution < -0.4 is 0 Å². The smallest absolute Gasteiger partial charge is 0.173 e. The number of carbonyl (C=O) groups is 1. The molecule has 23 heavy (non-hydrogen) atoms. The highest BCUT2D eigenvalue weighted by atomic mass is 32.2. The quantitative estimate of drug-likeness (QED) is 0.462. The lowest BCUT2D eigenvalue weighted by atomic mass is 10.2. The van der Waals surface area contributed by atoms with Crippen LogP contribution in [0.15, 0.2) is 59.8 Å². The highest BCUT2D eigenvalue weighted by Gasteiger charge is 2.13. The predicted molar refractivity (Wildman–Crippen MR) is 96.1 cm³/mol. The number of thioether (sulfide) groups is 1. The van der Waals surface area contributed by atoms with E-state index in [1.54, 1.807) is 0 Å². The summed E-state index contributed by atoms with van der Waals surface area (Å²) >= 11 is 1.53. The van der Waals surface area contributed by atoms with E-state index < -0.39 is 0 Å². The second-order valence-electron chi connectivity index (χ2n) is 5.47. The van der Waals surface area contributed by atoms with E-state index in [0.717, 1.165) is 41.1 Å². The summed E-state index contributed by atoms with van der Waals surface area (Å²) in [5.74, 6) is 0.559. The highest BCUT2D eigenvalue weighted by molar-refractivity contribution is 7.99. The van der Waals surface area contributed by atoms with Crippen LogP contribution in [0.3, 0.4) is 0 Å². The summed E-state index contributed by atoms with van der Waals surface area (Å²) in [4.78, 5) is 17.0. The third-order valence-electron chi connectivity index (χ3n) is 3.78. The van der Waals surface area contributed by atoms with Gasteiger partial charge in [0.15, 0.2) is 10.9 Å². The summed E-state index contributed by atoms with van der Waals surface area (Å²) in [6.45, 7) is 3.13. The van der Waals surface area contributed by atoms with Gasteiger partial charge in [-0.15, -0.1) is 0 Å². The average Bonchev–Trinajstić information content (AvgIpc) is 2.96. The molecule has 0 aliphatic heterocycles. The molecule has 4 heteroatoms. The Kier molecular flexibility index (Phi) is 5.13. The molecule has 0 saturated heterocycles. The molecule has 1 aromatic heterocycles. The second-order valence-corrected chi connectivity index (χ2v) is 6.41. The molecule has 1 heterocycles. The van der Waals surface area contributed by atoms with Crippen LogP contribution in [0.2, 0.25) is 0 Å². The minimum atomic E-state index is 0.143. The fourth-order valence-corrected chi connectivity index (χ4v) is 3.47. The molecule has 0 aliphatic rings. The molecule has 0 aliphatic carbocycles. The Morgan fingerprint density at radius 1 is 1.09 bits per heavy atom. The van der Waals surface area contributed by atoms with Gasteiger partial charge in [-0.1, -0.05) is 67.6 Å². The number of unbranched alkanes of at least 4 members (excludes halogenated alkanes) is 1. The molecule has 0 bridgehead atoms. The summed E-state index contributed by atoms with van der Waals surface area (Å²) in [7, 11) is 0. The zero-order chi connectivity index (χ0) is 16.1. The van der Waals surface area contributed by atoms with E-state index in [2.05, 4.69) is 17.6 Å². The minimum Gasteiger partial charge on any atom is -0.319 e. The Balaban J connectivity index is 1.80. The molecule has 3 rings (SSSR count). The van der Waals surface area contributed by atoms with E-state index in [0.29, 0.717) is 5.75 Å². The van der Waals surface area contributed by atoms with E-state index >= 15 is 0 Å². The van der Waals surface area contributed by atoms with Crippen LogP contribution in [0.4, 0.5) is 0 Å². The number of nitrogens with zero attached hydrogens (tertiary/aromatic N) is 2. The number of Topliss-reactive ketones (excluding diaryl/α,β-unsaturated/α-hetero) is 1. The molecule has 0 fully saturated rings. The first kappa shape index (κ1) is 15.8. The largest absolute Gasteiger partial charge is 0.319 e. The summed E-state index contributed by atoms with van der Waals surface area (Å²) in [5.41, 5.74) is 2.91. The number of aryl methyl sites for hydroxylation is 1. The van der Waals surface area contributed by atoms with Crippen LogP contribution in [0.1, 0.15) is 30.1 Å². The van der Waals surface area contributed by atoms with Crippen LogP contribution in [0, 0.1) is 0 Å². The third-order valence-corrected chi connectivity index (χ3v) is 4.76. The van der Waals surface area contributed by atoms with Crippen LogP contribution in [-0.4, -0.2) is 21.1 Å². The topological polar surface area (TPSA) is 34.9 Å². The van der Waals surface area contributed by atoms with Crippen molar-refractivity contribution in [3.63, 3.8) is 0 Å². The predicted octanol–water partition coefficient (Wildman–Crippen LogP) is 4.81. The maximum absolute atomic E-state index is 12.3. The SMILES string of the molecule is CCCCn1c(SCC(=O)c2ccccc2)nc2ccccc21. The Morgan fingerprint density at radius 3 is 2.61 bits per heavy atom. The van der Waals surface area contributed by atoms with Gasteiger partial charge in [0.1, 0.15) is 0 Å². The van der Waals surface area contributed by atoms with Gasteiger partial charge in [-0.2, -0.15) is 0 Å². The first-order valence-corrected chi connectivity index (χ1v) is 8.94. The van der Waals surface area contributed by atoms with Gasteiger partial charge < -0.3 is 4.57 Å². The first-order valence-electron chi connectivity index (χ1n) is 7.96. The molecule has 0 radical (unpaired) electrons. The van der Waals surface area contributed by atoms with E-state index in [-0.39, 0.29) is 5.78 Å². The van der Waals surface area contributed by atoms with Crippen LogP contribution in [0.25, 0.3) is 11.0 Å². The van der Waals surface area contributed by atoms with Gasteiger partial charge in [-0.25, -0.2) is 4.98 Å². The zero-order valence-electron chi connectivity index (χ0n) is 13.2. The van der Waals surface area contributed by atoms with E-state index in [9.17, 15) is 4.79 Å². The number of para-hydroxylation sites is 2. The third kappa shape index (κ3) is 3.64.